The number of nitro groups is 1. The third kappa shape index (κ3) is 4.45. The summed E-state index contributed by atoms with van der Waals surface area (Å²) in [6, 6.07) is 3.99. The van der Waals surface area contributed by atoms with E-state index in [-0.39, 0.29) is 28.2 Å². The molecule has 1 rings (SSSR count). The molecule has 0 aliphatic rings. The minimum absolute atomic E-state index is 0.0274. The van der Waals surface area contributed by atoms with Crippen molar-refractivity contribution in [3.8, 4) is 0 Å². The fraction of sp³-hybridized carbons (Fsp3) is 0.462. The predicted molar refractivity (Wildman–Crippen MR) is 82.6 cm³/mol. The molecular formula is C13H16BrClN2O3. The summed E-state index contributed by atoms with van der Waals surface area (Å²) in [5.74, 6) is -0.212. The van der Waals surface area contributed by atoms with E-state index in [0.717, 1.165) is 11.8 Å². The zero-order valence-corrected chi connectivity index (χ0v) is 13.6. The zero-order chi connectivity index (χ0) is 15.3. The second-order valence-electron chi connectivity index (χ2n) is 4.72. The minimum Gasteiger partial charge on any atom is -0.349 e. The van der Waals surface area contributed by atoms with Crippen molar-refractivity contribution in [2.45, 2.75) is 26.3 Å². The molecule has 0 bridgehead atoms. The molecule has 5 nitrogen and oxygen atoms in total. The molecule has 0 aromatic heterocycles. The molecule has 0 aliphatic heterocycles. The number of hydrogen-bond donors (Lipinski definition) is 1. The van der Waals surface area contributed by atoms with E-state index in [4.69, 9.17) is 11.6 Å². The van der Waals surface area contributed by atoms with Crippen LogP contribution in [0.4, 0.5) is 5.69 Å². The van der Waals surface area contributed by atoms with Crippen LogP contribution in [0, 0.1) is 16.0 Å². The van der Waals surface area contributed by atoms with Gasteiger partial charge in [0.25, 0.3) is 11.6 Å². The van der Waals surface area contributed by atoms with Gasteiger partial charge in [-0.2, -0.15) is 0 Å². The van der Waals surface area contributed by atoms with Crippen LogP contribution in [0.5, 0.6) is 0 Å². The second kappa shape index (κ2) is 7.59. The Balaban J connectivity index is 3.00. The van der Waals surface area contributed by atoms with Crippen LogP contribution in [0.3, 0.4) is 0 Å². The average Bonchev–Trinajstić information content (AvgIpc) is 2.37. The Labute approximate surface area is 131 Å². The van der Waals surface area contributed by atoms with Gasteiger partial charge in [-0.25, -0.2) is 0 Å². The number of nitro benzene ring substituents is 1. The van der Waals surface area contributed by atoms with E-state index in [1.165, 1.54) is 18.2 Å². The Morgan fingerprint density at radius 1 is 1.50 bits per heavy atom. The first-order chi connectivity index (χ1) is 9.36. The summed E-state index contributed by atoms with van der Waals surface area (Å²) in [5, 5.41) is 14.8. The Morgan fingerprint density at radius 3 is 2.65 bits per heavy atom. The van der Waals surface area contributed by atoms with Gasteiger partial charge in [-0.1, -0.05) is 41.4 Å². The van der Waals surface area contributed by atoms with Gasteiger partial charge in [-0.3, -0.25) is 14.9 Å². The second-order valence-corrected chi connectivity index (χ2v) is 5.95. The van der Waals surface area contributed by atoms with Gasteiger partial charge >= 0.3 is 0 Å². The van der Waals surface area contributed by atoms with Crippen LogP contribution >= 0.6 is 27.5 Å². The third-order valence-corrected chi connectivity index (χ3v) is 3.64. The van der Waals surface area contributed by atoms with E-state index < -0.39 is 10.8 Å². The first-order valence-corrected chi connectivity index (χ1v) is 7.67. The first-order valence-electron chi connectivity index (χ1n) is 6.17. The molecule has 1 atom stereocenters. The number of rotatable bonds is 6. The lowest BCUT2D eigenvalue weighted by Gasteiger charge is -2.21. The van der Waals surface area contributed by atoms with Gasteiger partial charge in [0.15, 0.2) is 0 Å². The lowest BCUT2D eigenvalue weighted by Crippen LogP contribution is -2.39. The maximum atomic E-state index is 12.2. The smallest absolute Gasteiger partial charge is 0.283 e. The van der Waals surface area contributed by atoms with Crippen molar-refractivity contribution in [2.75, 3.05) is 5.33 Å². The molecule has 110 valence electrons. The molecule has 0 aliphatic carbocycles. The van der Waals surface area contributed by atoms with Crippen molar-refractivity contribution in [1.82, 2.24) is 5.32 Å². The maximum absolute atomic E-state index is 12.2. The topological polar surface area (TPSA) is 72.2 Å². The minimum atomic E-state index is -0.602. The lowest BCUT2D eigenvalue weighted by molar-refractivity contribution is -0.385. The van der Waals surface area contributed by atoms with Crippen molar-refractivity contribution >= 4 is 39.1 Å². The molecule has 7 heteroatoms. The van der Waals surface area contributed by atoms with Crippen molar-refractivity contribution in [3.05, 3.63) is 38.9 Å². The Hall–Kier alpha value is -1.14. The van der Waals surface area contributed by atoms with Crippen LogP contribution in [0.2, 0.25) is 5.02 Å². The summed E-state index contributed by atoms with van der Waals surface area (Å²) in [6.45, 7) is 3.98. The molecule has 20 heavy (non-hydrogen) atoms. The van der Waals surface area contributed by atoms with E-state index >= 15 is 0 Å². The molecule has 0 saturated carbocycles. The molecule has 1 amide bonds. The summed E-state index contributed by atoms with van der Waals surface area (Å²) < 4.78 is 0. The van der Waals surface area contributed by atoms with Crippen LogP contribution < -0.4 is 5.32 Å². The lowest BCUT2D eigenvalue weighted by atomic mass is 10.0. The zero-order valence-electron chi connectivity index (χ0n) is 11.2. The predicted octanol–water partition coefficient (Wildman–Crippen LogP) is 3.79. The van der Waals surface area contributed by atoms with Crippen molar-refractivity contribution < 1.29 is 9.72 Å². The number of nitrogens with zero attached hydrogens (tertiary/aromatic N) is 1. The summed E-state index contributed by atoms with van der Waals surface area (Å²) >= 11 is 9.06. The number of carbonyl (C=O) groups excluding carboxylic acids is 1. The van der Waals surface area contributed by atoms with Crippen LogP contribution in [0.15, 0.2) is 18.2 Å². The monoisotopic (exact) mass is 362 g/mol. The van der Waals surface area contributed by atoms with Crippen molar-refractivity contribution in [2.24, 2.45) is 5.92 Å². The standard InChI is InChI=1S/C13H16BrClN2O3/c1-8(2)11(5-6-14)16-13(18)10-4-3-9(15)7-12(10)17(19)20/h3-4,7-8,11H,5-6H2,1-2H3,(H,16,18). The number of alkyl halides is 1. The molecule has 0 heterocycles. The fourth-order valence-electron chi connectivity index (χ4n) is 1.78. The van der Waals surface area contributed by atoms with Crippen LogP contribution in [0.1, 0.15) is 30.6 Å². The normalized spacial score (nSPS) is 12.2. The van der Waals surface area contributed by atoms with Gasteiger partial charge in [-0.05, 0) is 24.5 Å². The number of carbonyl (C=O) groups is 1. The molecule has 0 radical (unpaired) electrons. The quantitative estimate of drug-likeness (QED) is 0.475. The highest BCUT2D eigenvalue weighted by Crippen LogP contribution is 2.23. The van der Waals surface area contributed by atoms with Crippen molar-refractivity contribution in [1.29, 1.82) is 0 Å². The SMILES string of the molecule is CC(C)C(CCBr)NC(=O)c1ccc(Cl)cc1[N+](=O)[O-]. The van der Waals surface area contributed by atoms with Gasteiger partial charge in [-0.15, -0.1) is 0 Å². The largest absolute Gasteiger partial charge is 0.349 e. The molecule has 1 unspecified atom stereocenters. The van der Waals surface area contributed by atoms with Crippen LogP contribution in [-0.2, 0) is 0 Å². The van der Waals surface area contributed by atoms with E-state index in [1.807, 2.05) is 13.8 Å². The van der Waals surface area contributed by atoms with Crippen LogP contribution in [-0.4, -0.2) is 22.2 Å². The molecule has 0 spiro atoms. The molecule has 1 N–H and O–H groups in total. The van der Waals surface area contributed by atoms with Gasteiger partial charge in [0.2, 0.25) is 0 Å². The van der Waals surface area contributed by atoms with E-state index in [9.17, 15) is 14.9 Å². The molecule has 0 saturated heterocycles. The fourth-order valence-corrected chi connectivity index (χ4v) is 2.44. The third-order valence-electron chi connectivity index (χ3n) is 2.94. The highest BCUT2D eigenvalue weighted by atomic mass is 79.9. The van der Waals surface area contributed by atoms with Crippen molar-refractivity contribution in [3.63, 3.8) is 0 Å². The first kappa shape index (κ1) is 16.9. The van der Waals surface area contributed by atoms with Gasteiger partial charge in [0.1, 0.15) is 5.56 Å². The molecular weight excluding hydrogens is 348 g/mol. The average molecular weight is 364 g/mol. The van der Waals surface area contributed by atoms with E-state index in [1.54, 1.807) is 0 Å². The summed E-state index contributed by atoms with van der Waals surface area (Å²) in [6.07, 6.45) is 0.755. The Kier molecular flexibility index (Phi) is 6.42. The number of hydrogen-bond acceptors (Lipinski definition) is 3. The summed E-state index contributed by atoms with van der Waals surface area (Å²) in [4.78, 5) is 22.6. The van der Waals surface area contributed by atoms with Gasteiger partial charge < -0.3 is 5.32 Å². The Morgan fingerprint density at radius 2 is 2.15 bits per heavy atom. The highest BCUT2D eigenvalue weighted by Gasteiger charge is 2.23. The highest BCUT2D eigenvalue weighted by molar-refractivity contribution is 9.09. The summed E-state index contributed by atoms with van der Waals surface area (Å²) in [5.41, 5.74) is -0.254. The van der Waals surface area contributed by atoms with Gasteiger partial charge in [0, 0.05) is 22.5 Å². The van der Waals surface area contributed by atoms with Gasteiger partial charge in [0.05, 0.1) is 4.92 Å². The molecule has 1 aromatic rings. The number of benzene rings is 1. The number of halogens is 2. The molecule has 0 fully saturated rings. The van der Waals surface area contributed by atoms with Crippen LogP contribution in [0.25, 0.3) is 0 Å². The van der Waals surface area contributed by atoms with E-state index in [0.29, 0.717) is 0 Å². The summed E-state index contributed by atoms with van der Waals surface area (Å²) in [7, 11) is 0. The molecule has 1 aromatic carbocycles. The number of amides is 1. The Bertz CT molecular complexity index is 508. The number of nitrogens with one attached hydrogen (secondary N) is 1. The van der Waals surface area contributed by atoms with E-state index in [2.05, 4.69) is 21.2 Å². The maximum Gasteiger partial charge on any atom is 0.283 e.